The van der Waals surface area contributed by atoms with Crippen molar-refractivity contribution in [2.45, 2.75) is 327 Å². The largest absolute Gasteiger partial charge is 0.479 e. The van der Waals surface area contributed by atoms with Crippen LogP contribution in [0.5, 0.6) is 0 Å². The number of esters is 3. The standard InChI is InChI=1S/C63H112O12/c1-4-7-10-13-16-19-22-25-27-28-30-32-34-37-40-43-46-49-55(64)71-52-54(73-56(65)50-47-44-41-38-35-31-24-21-18-15-12-9-6-3)53-72-63-61(59(68)58(67)60(75-63)62(69)70)74-57(66)51-48-45-42-39-36-33-29-26-23-20-17-14-11-8-5-2/h17,20,25-27,29,54,58-61,63,67-68H,4-16,18-19,21-24,28,30-53H2,1-3H3,(H,69,70)/b20-17-,27-25-,29-26-. The molecule has 0 amide bonds. The highest BCUT2D eigenvalue weighted by molar-refractivity contribution is 5.74. The van der Waals surface area contributed by atoms with Crippen molar-refractivity contribution in [1.82, 2.24) is 0 Å². The number of carbonyl (C=O) groups excluding carboxylic acids is 3. The van der Waals surface area contributed by atoms with Crippen LogP contribution < -0.4 is 0 Å². The van der Waals surface area contributed by atoms with Gasteiger partial charge in [-0.15, -0.1) is 0 Å². The molecule has 0 bridgehead atoms. The van der Waals surface area contributed by atoms with E-state index >= 15 is 0 Å². The van der Waals surface area contributed by atoms with E-state index in [1.165, 1.54) is 141 Å². The topological polar surface area (TPSA) is 175 Å². The molecule has 0 radical (unpaired) electrons. The molecule has 0 aromatic heterocycles. The monoisotopic (exact) mass is 1060 g/mol. The molecule has 1 fully saturated rings. The van der Waals surface area contributed by atoms with Crippen LogP contribution in [0.15, 0.2) is 36.5 Å². The van der Waals surface area contributed by atoms with Gasteiger partial charge in [-0.1, -0.05) is 231 Å². The maximum atomic E-state index is 13.1. The fourth-order valence-corrected chi connectivity index (χ4v) is 9.39. The fourth-order valence-electron chi connectivity index (χ4n) is 9.39. The van der Waals surface area contributed by atoms with Crippen molar-refractivity contribution in [2.75, 3.05) is 13.2 Å². The Hall–Kier alpha value is -3.06. The van der Waals surface area contributed by atoms with Crippen LogP contribution in [0.1, 0.15) is 290 Å². The average molecular weight is 1060 g/mol. The van der Waals surface area contributed by atoms with Crippen LogP contribution in [0.25, 0.3) is 0 Å². The number of carboxylic acids is 1. The molecule has 12 nitrogen and oxygen atoms in total. The summed E-state index contributed by atoms with van der Waals surface area (Å²) in [4.78, 5) is 51.2. The summed E-state index contributed by atoms with van der Waals surface area (Å²) in [6.07, 6.45) is 48.2. The van der Waals surface area contributed by atoms with Crippen molar-refractivity contribution in [2.24, 2.45) is 0 Å². The zero-order valence-corrected chi connectivity index (χ0v) is 48.1. The number of allylic oxidation sites excluding steroid dienone is 6. The number of aliphatic hydroxyl groups is 2. The van der Waals surface area contributed by atoms with Gasteiger partial charge in [-0.05, 0) is 77.0 Å². The van der Waals surface area contributed by atoms with Crippen LogP contribution in [0.3, 0.4) is 0 Å². The third-order valence-corrected chi connectivity index (χ3v) is 14.2. The molecular formula is C63H112O12. The summed E-state index contributed by atoms with van der Waals surface area (Å²) in [6.45, 7) is 5.98. The summed E-state index contributed by atoms with van der Waals surface area (Å²) in [5, 5.41) is 31.5. The van der Waals surface area contributed by atoms with Gasteiger partial charge in [-0.3, -0.25) is 14.4 Å². The van der Waals surface area contributed by atoms with Crippen LogP contribution in [0.4, 0.5) is 0 Å². The first-order valence-electron chi connectivity index (χ1n) is 31.0. The first kappa shape index (κ1) is 70.0. The average Bonchev–Trinajstić information content (AvgIpc) is 3.39. The summed E-state index contributed by atoms with van der Waals surface area (Å²) >= 11 is 0. The van der Waals surface area contributed by atoms with Gasteiger partial charge >= 0.3 is 23.9 Å². The van der Waals surface area contributed by atoms with Crippen molar-refractivity contribution in [3.05, 3.63) is 36.5 Å². The van der Waals surface area contributed by atoms with E-state index in [0.29, 0.717) is 19.3 Å². The summed E-state index contributed by atoms with van der Waals surface area (Å²) in [7, 11) is 0. The van der Waals surface area contributed by atoms with Gasteiger partial charge in [0.2, 0.25) is 0 Å². The molecule has 0 saturated carbocycles. The first-order chi connectivity index (χ1) is 36.6. The molecular weight excluding hydrogens is 949 g/mol. The van der Waals surface area contributed by atoms with E-state index in [4.69, 9.17) is 23.7 Å². The van der Waals surface area contributed by atoms with E-state index in [1.807, 2.05) is 0 Å². The summed E-state index contributed by atoms with van der Waals surface area (Å²) in [6, 6.07) is 0. The van der Waals surface area contributed by atoms with Gasteiger partial charge < -0.3 is 39.0 Å². The van der Waals surface area contributed by atoms with Crippen molar-refractivity contribution < 1.29 is 58.2 Å². The van der Waals surface area contributed by atoms with Crippen LogP contribution >= 0.6 is 0 Å². The zero-order valence-electron chi connectivity index (χ0n) is 48.1. The number of hydrogen-bond donors (Lipinski definition) is 3. The summed E-state index contributed by atoms with van der Waals surface area (Å²) in [5.74, 6) is -3.12. The third-order valence-electron chi connectivity index (χ3n) is 14.2. The minimum absolute atomic E-state index is 0.0471. The van der Waals surface area contributed by atoms with Gasteiger partial charge in [0.05, 0.1) is 6.61 Å². The molecule has 0 aromatic rings. The Morgan fingerprint density at radius 3 is 1.24 bits per heavy atom. The molecule has 0 aliphatic carbocycles. The van der Waals surface area contributed by atoms with E-state index in [9.17, 15) is 34.5 Å². The second-order valence-electron chi connectivity index (χ2n) is 21.3. The quantitative estimate of drug-likeness (QED) is 0.0228. The highest BCUT2D eigenvalue weighted by Crippen LogP contribution is 2.27. The molecule has 0 aromatic carbocycles. The molecule has 75 heavy (non-hydrogen) atoms. The SMILES string of the molecule is CCCCC/C=C\C/C=C\CCCCCCCC(=O)OC1C(OCC(COC(=O)CCCCCCCCC/C=C\CCCCCCCC)OC(=O)CCCCCCCCCCCCCCC)OC(C(=O)O)C(O)C1O. The maximum Gasteiger partial charge on any atom is 0.335 e. The lowest BCUT2D eigenvalue weighted by Gasteiger charge is -2.40. The lowest BCUT2D eigenvalue weighted by molar-refractivity contribution is -0.301. The number of unbranched alkanes of at least 4 members (excludes halogenated alkanes) is 33. The highest BCUT2D eigenvalue weighted by Gasteiger charge is 2.50. The molecule has 1 saturated heterocycles. The van der Waals surface area contributed by atoms with Gasteiger partial charge in [0.25, 0.3) is 0 Å². The summed E-state index contributed by atoms with van der Waals surface area (Å²) < 4.78 is 28.5. The predicted molar refractivity (Wildman–Crippen MR) is 303 cm³/mol. The van der Waals surface area contributed by atoms with E-state index in [2.05, 4.69) is 57.2 Å². The number of carboxylic acid groups (broad SMARTS) is 1. The predicted octanol–water partition coefficient (Wildman–Crippen LogP) is 16.0. The fraction of sp³-hybridized carbons (Fsp3) is 0.841. The van der Waals surface area contributed by atoms with Crippen LogP contribution in [-0.4, -0.2) is 89.2 Å². The van der Waals surface area contributed by atoms with Crippen molar-refractivity contribution >= 4 is 23.9 Å². The van der Waals surface area contributed by atoms with Crippen molar-refractivity contribution in [3.63, 3.8) is 0 Å². The molecule has 1 aliphatic heterocycles. The molecule has 0 spiro atoms. The minimum Gasteiger partial charge on any atom is -0.479 e. The Bertz CT molecular complexity index is 1450. The molecule has 436 valence electrons. The highest BCUT2D eigenvalue weighted by atomic mass is 16.7. The van der Waals surface area contributed by atoms with E-state index in [0.717, 1.165) is 89.9 Å². The molecule has 1 rings (SSSR count). The molecule has 1 aliphatic rings. The Kier molecular flexibility index (Phi) is 48.2. The smallest absolute Gasteiger partial charge is 0.335 e. The lowest BCUT2D eigenvalue weighted by atomic mass is 9.98. The zero-order chi connectivity index (χ0) is 54.7. The Morgan fingerprint density at radius 1 is 0.440 bits per heavy atom. The van der Waals surface area contributed by atoms with Crippen molar-refractivity contribution in [1.29, 1.82) is 0 Å². The van der Waals surface area contributed by atoms with Crippen LogP contribution in [0.2, 0.25) is 0 Å². The number of rotatable bonds is 53. The van der Waals surface area contributed by atoms with E-state index in [-0.39, 0.29) is 25.9 Å². The number of hydrogen-bond acceptors (Lipinski definition) is 11. The van der Waals surface area contributed by atoms with Crippen LogP contribution in [0, 0.1) is 0 Å². The van der Waals surface area contributed by atoms with Gasteiger partial charge in [-0.2, -0.15) is 0 Å². The van der Waals surface area contributed by atoms with Gasteiger partial charge in [0, 0.05) is 19.3 Å². The van der Waals surface area contributed by atoms with E-state index < -0.39 is 67.3 Å². The van der Waals surface area contributed by atoms with Gasteiger partial charge in [-0.25, -0.2) is 4.79 Å². The van der Waals surface area contributed by atoms with Gasteiger partial charge in [0.1, 0.15) is 18.8 Å². The van der Waals surface area contributed by atoms with E-state index in [1.54, 1.807) is 0 Å². The number of ether oxygens (including phenoxy) is 5. The Balaban J connectivity index is 2.67. The minimum atomic E-state index is -1.90. The second-order valence-corrected chi connectivity index (χ2v) is 21.3. The number of carbonyl (C=O) groups is 4. The summed E-state index contributed by atoms with van der Waals surface area (Å²) in [5.41, 5.74) is 0. The second kappa shape index (κ2) is 51.7. The Morgan fingerprint density at radius 2 is 0.800 bits per heavy atom. The number of aliphatic carboxylic acids is 1. The third kappa shape index (κ3) is 41.7. The molecule has 6 unspecified atom stereocenters. The van der Waals surface area contributed by atoms with Crippen molar-refractivity contribution in [3.8, 4) is 0 Å². The van der Waals surface area contributed by atoms with Gasteiger partial charge in [0.15, 0.2) is 24.6 Å². The number of aliphatic hydroxyl groups excluding tert-OH is 2. The molecule has 12 heteroatoms. The molecule has 6 atom stereocenters. The molecule has 3 N–H and O–H groups in total. The first-order valence-corrected chi connectivity index (χ1v) is 31.0. The normalized spacial score (nSPS) is 18.3. The van der Waals surface area contributed by atoms with Crippen LogP contribution in [-0.2, 0) is 42.9 Å². The Labute approximate surface area is 457 Å². The lowest BCUT2D eigenvalue weighted by Crippen LogP contribution is -2.61. The molecule has 1 heterocycles. The maximum absolute atomic E-state index is 13.1.